The topological polar surface area (TPSA) is 58.0 Å². The van der Waals surface area contributed by atoms with Crippen LogP contribution in [0.1, 0.15) is 11.1 Å². The third-order valence-electron chi connectivity index (χ3n) is 2.08. The van der Waals surface area contributed by atoms with Gasteiger partial charge in [-0.1, -0.05) is 5.11 Å². The lowest BCUT2D eigenvalue weighted by atomic mass is 10.1. The maximum atomic E-state index is 8.29. The second-order valence-corrected chi connectivity index (χ2v) is 2.73. The molecule has 0 aliphatic carbocycles. The SMILES string of the molecule is COc1ccc(N=[N+]=[N-])c(C)c1C. The summed E-state index contributed by atoms with van der Waals surface area (Å²) in [5.41, 5.74) is 10.9. The number of nitrogens with zero attached hydrogens (tertiary/aromatic N) is 3. The van der Waals surface area contributed by atoms with Crippen molar-refractivity contribution >= 4 is 5.69 Å². The molecule has 13 heavy (non-hydrogen) atoms. The summed E-state index contributed by atoms with van der Waals surface area (Å²) in [5.74, 6) is 0.814. The van der Waals surface area contributed by atoms with Gasteiger partial charge in [-0.25, -0.2) is 0 Å². The summed E-state index contributed by atoms with van der Waals surface area (Å²) in [4.78, 5) is 2.75. The molecule has 68 valence electrons. The van der Waals surface area contributed by atoms with Crippen LogP contribution in [0.4, 0.5) is 5.69 Å². The molecule has 0 spiro atoms. The minimum absolute atomic E-state index is 0.654. The van der Waals surface area contributed by atoms with Crippen molar-refractivity contribution in [1.82, 2.24) is 0 Å². The molecule has 4 nitrogen and oxygen atoms in total. The molecular weight excluding hydrogens is 166 g/mol. The molecule has 1 aromatic carbocycles. The standard InChI is InChI=1S/C9H11N3O/c1-6-7(2)9(13-3)5-4-8(6)11-12-10/h4-5H,1-3H3. The van der Waals surface area contributed by atoms with Crippen LogP contribution in [-0.4, -0.2) is 7.11 Å². The number of azide groups is 1. The van der Waals surface area contributed by atoms with Crippen LogP contribution in [-0.2, 0) is 0 Å². The smallest absolute Gasteiger partial charge is 0.122 e. The molecule has 0 saturated heterocycles. The summed E-state index contributed by atoms with van der Waals surface area (Å²) < 4.78 is 5.12. The van der Waals surface area contributed by atoms with Gasteiger partial charge in [0.25, 0.3) is 0 Å². The van der Waals surface area contributed by atoms with E-state index in [9.17, 15) is 0 Å². The predicted molar refractivity (Wildman–Crippen MR) is 51.3 cm³/mol. The van der Waals surface area contributed by atoms with Gasteiger partial charge in [-0.15, -0.1) is 0 Å². The zero-order valence-electron chi connectivity index (χ0n) is 7.90. The van der Waals surface area contributed by atoms with Gasteiger partial charge in [-0.3, -0.25) is 0 Å². The van der Waals surface area contributed by atoms with Gasteiger partial charge < -0.3 is 4.74 Å². The van der Waals surface area contributed by atoms with Gasteiger partial charge >= 0.3 is 0 Å². The highest BCUT2D eigenvalue weighted by Crippen LogP contribution is 2.28. The van der Waals surface area contributed by atoms with E-state index in [1.807, 2.05) is 13.8 Å². The Morgan fingerprint density at radius 3 is 2.54 bits per heavy atom. The lowest BCUT2D eigenvalue weighted by Crippen LogP contribution is -1.89. The monoisotopic (exact) mass is 177 g/mol. The first-order chi connectivity index (χ1) is 6.20. The molecule has 0 N–H and O–H groups in total. The number of hydrogen-bond donors (Lipinski definition) is 0. The number of ether oxygens (including phenoxy) is 1. The highest BCUT2D eigenvalue weighted by atomic mass is 16.5. The maximum absolute atomic E-state index is 8.29. The van der Waals surface area contributed by atoms with Crippen LogP contribution in [0.3, 0.4) is 0 Å². The Hall–Kier alpha value is -1.67. The van der Waals surface area contributed by atoms with Crippen LogP contribution >= 0.6 is 0 Å². The molecule has 1 rings (SSSR count). The fourth-order valence-corrected chi connectivity index (χ4v) is 1.16. The highest BCUT2D eigenvalue weighted by Gasteiger charge is 2.04. The van der Waals surface area contributed by atoms with E-state index in [1.165, 1.54) is 0 Å². The van der Waals surface area contributed by atoms with E-state index >= 15 is 0 Å². The molecule has 0 radical (unpaired) electrons. The molecule has 0 saturated carbocycles. The van der Waals surface area contributed by atoms with Crippen LogP contribution in [0.2, 0.25) is 0 Å². The molecule has 0 atom stereocenters. The minimum Gasteiger partial charge on any atom is -0.496 e. The maximum Gasteiger partial charge on any atom is 0.122 e. The molecule has 0 amide bonds. The molecule has 1 aromatic rings. The second kappa shape index (κ2) is 3.83. The van der Waals surface area contributed by atoms with Crippen LogP contribution in [0.25, 0.3) is 10.4 Å². The van der Waals surface area contributed by atoms with Gasteiger partial charge in [0, 0.05) is 10.6 Å². The van der Waals surface area contributed by atoms with Crippen molar-refractivity contribution in [3.63, 3.8) is 0 Å². The van der Waals surface area contributed by atoms with Crippen molar-refractivity contribution < 1.29 is 4.74 Å². The minimum atomic E-state index is 0.654. The number of rotatable bonds is 2. The zero-order valence-corrected chi connectivity index (χ0v) is 7.90. The van der Waals surface area contributed by atoms with Gasteiger partial charge in [-0.2, -0.15) is 0 Å². The molecule has 0 heterocycles. The third kappa shape index (κ3) is 1.73. The summed E-state index contributed by atoms with van der Waals surface area (Å²) in [6.45, 7) is 3.84. The Kier molecular flexibility index (Phi) is 2.77. The quantitative estimate of drug-likeness (QED) is 0.388. The fourth-order valence-electron chi connectivity index (χ4n) is 1.16. The van der Waals surface area contributed by atoms with Gasteiger partial charge in [0.05, 0.1) is 7.11 Å². The molecule has 0 fully saturated rings. The Balaban J connectivity index is 3.30. The van der Waals surface area contributed by atoms with Crippen molar-refractivity contribution in [3.05, 3.63) is 33.7 Å². The summed E-state index contributed by atoms with van der Waals surface area (Å²) in [6, 6.07) is 3.55. The molecule has 0 bridgehead atoms. The molecule has 0 aromatic heterocycles. The van der Waals surface area contributed by atoms with E-state index in [0.29, 0.717) is 5.69 Å². The van der Waals surface area contributed by atoms with Crippen molar-refractivity contribution in [2.45, 2.75) is 13.8 Å². The van der Waals surface area contributed by atoms with E-state index < -0.39 is 0 Å². The first-order valence-corrected chi connectivity index (χ1v) is 3.90. The van der Waals surface area contributed by atoms with Crippen LogP contribution in [0.5, 0.6) is 5.75 Å². The fraction of sp³-hybridized carbons (Fsp3) is 0.333. The largest absolute Gasteiger partial charge is 0.496 e. The summed E-state index contributed by atoms with van der Waals surface area (Å²) >= 11 is 0. The van der Waals surface area contributed by atoms with E-state index in [0.717, 1.165) is 16.9 Å². The predicted octanol–water partition coefficient (Wildman–Crippen LogP) is 3.25. The van der Waals surface area contributed by atoms with E-state index in [-0.39, 0.29) is 0 Å². The molecule has 0 unspecified atom stereocenters. The zero-order chi connectivity index (χ0) is 9.84. The van der Waals surface area contributed by atoms with Crippen LogP contribution < -0.4 is 4.74 Å². The molecular formula is C9H11N3O. The summed E-state index contributed by atoms with van der Waals surface area (Å²) in [7, 11) is 1.62. The first kappa shape index (κ1) is 9.42. The average molecular weight is 177 g/mol. The van der Waals surface area contributed by atoms with E-state index in [2.05, 4.69) is 10.0 Å². The van der Waals surface area contributed by atoms with Gasteiger partial charge in [0.1, 0.15) is 5.75 Å². The van der Waals surface area contributed by atoms with Gasteiger partial charge in [-0.05, 0) is 42.6 Å². The Bertz CT molecular complexity index is 367. The Morgan fingerprint density at radius 2 is 2.00 bits per heavy atom. The Morgan fingerprint density at radius 1 is 1.31 bits per heavy atom. The van der Waals surface area contributed by atoms with Gasteiger partial charge in [0.15, 0.2) is 0 Å². The van der Waals surface area contributed by atoms with Crippen molar-refractivity contribution in [2.24, 2.45) is 5.11 Å². The Labute approximate surface area is 76.8 Å². The average Bonchev–Trinajstić information content (AvgIpc) is 2.14. The summed E-state index contributed by atoms with van der Waals surface area (Å²) in [6.07, 6.45) is 0. The molecule has 0 aliphatic rings. The highest BCUT2D eigenvalue weighted by molar-refractivity contribution is 5.54. The number of benzene rings is 1. The van der Waals surface area contributed by atoms with Crippen molar-refractivity contribution in [3.8, 4) is 5.75 Å². The van der Waals surface area contributed by atoms with E-state index in [4.69, 9.17) is 10.3 Å². The first-order valence-electron chi connectivity index (χ1n) is 3.90. The lowest BCUT2D eigenvalue weighted by molar-refractivity contribution is 0.411. The second-order valence-electron chi connectivity index (χ2n) is 2.73. The van der Waals surface area contributed by atoms with E-state index in [1.54, 1.807) is 19.2 Å². The number of hydrogen-bond acceptors (Lipinski definition) is 2. The lowest BCUT2D eigenvalue weighted by Gasteiger charge is -2.08. The van der Waals surface area contributed by atoms with Crippen molar-refractivity contribution in [1.29, 1.82) is 0 Å². The number of methoxy groups -OCH3 is 1. The van der Waals surface area contributed by atoms with Crippen LogP contribution in [0.15, 0.2) is 17.2 Å². The normalized spacial score (nSPS) is 9.15. The van der Waals surface area contributed by atoms with Gasteiger partial charge in [0.2, 0.25) is 0 Å². The van der Waals surface area contributed by atoms with Crippen molar-refractivity contribution in [2.75, 3.05) is 7.11 Å². The third-order valence-corrected chi connectivity index (χ3v) is 2.08. The summed E-state index contributed by atoms with van der Waals surface area (Å²) in [5, 5.41) is 3.57. The van der Waals surface area contributed by atoms with Crippen LogP contribution in [0, 0.1) is 13.8 Å². The molecule has 4 heteroatoms. The molecule has 0 aliphatic heterocycles.